The van der Waals surface area contributed by atoms with Gasteiger partial charge in [0.2, 0.25) is 17.7 Å². The van der Waals surface area contributed by atoms with Gasteiger partial charge in [-0.25, -0.2) is 4.98 Å². The first-order valence-corrected chi connectivity index (χ1v) is 15.8. The Bertz CT molecular complexity index is 1190. The van der Waals surface area contributed by atoms with Crippen LogP contribution in [0.15, 0.2) is 30.4 Å². The fourth-order valence-electron chi connectivity index (χ4n) is 5.66. The highest BCUT2D eigenvalue weighted by Crippen LogP contribution is 2.28. The fraction of sp³-hybridized carbons (Fsp3) is 0.600. The second-order valence-corrected chi connectivity index (χ2v) is 12.7. The molecule has 1 aliphatic heterocycles. The molecule has 0 radical (unpaired) electrons. The number of rotatable bonds is 13. The normalized spacial score (nSPS) is 17.9. The molecule has 1 saturated heterocycles. The third kappa shape index (κ3) is 9.01. The molecule has 1 saturated carbocycles. The second-order valence-electron chi connectivity index (χ2n) is 11.1. The molecule has 1 aromatic carbocycles. The summed E-state index contributed by atoms with van der Waals surface area (Å²) in [7, 11) is 0. The van der Waals surface area contributed by atoms with Gasteiger partial charge in [-0.05, 0) is 56.5 Å². The second kappa shape index (κ2) is 14.9. The lowest BCUT2D eigenvalue weighted by molar-refractivity contribution is -0.129. The van der Waals surface area contributed by atoms with Crippen LogP contribution in [-0.2, 0) is 20.8 Å². The molecule has 8 nitrogen and oxygen atoms in total. The summed E-state index contributed by atoms with van der Waals surface area (Å²) in [5.41, 5.74) is 1.37. The van der Waals surface area contributed by atoms with E-state index in [0.29, 0.717) is 29.6 Å². The van der Waals surface area contributed by atoms with E-state index in [-0.39, 0.29) is 36.6 Å². The van der Waals surface area contributed by atoms with E-state index in [0.717, 1.165) is 60.4 Å². The highest BCUT2D eigenvalue weighted by atomic mass is 35.5. The van der Waals surface area contributed by atoms with Gasteiger partial charge in [-0.2, -0.15) is 0 Å². The van der Waals surface area contributed by atoms with Crippen LogP contribution < -0.4 is 16.0 Å². The lowest BCUT2D eigenvalue weighted by Crippen LogP contribution is -2.53. The first-order valence-electron chi connectivity index (χ1n) is 14.6. The van der Waals surface area contributed by atoms with Crippen LogP contribution in [0.3, 0.4) is 0 Å². The summed E-state index contributed by atoms with van der Waals surface area (Å²) in [6.07, 6.45) is 9.57. The van der Waals surface area contributed by atoms with Gasteiger partial charge in [-0.3, -0.25) is 19.3 Å². The number of fused-ring (bicyclic) bond motifs is 1. The standard InChI is InChI=1S/C30H42ClN5O3S/c1-3-27(37)34-25(17-28-35-24-12-11-22(31)16-26(24)40-28)30(39)33-23(15-21-9-5-4-6-10-21)18-32-29(38)20(2)19-36-13-7-8-14-36/h11-12,16,21,23,25H,2-10,13-15,17-19H2,1H3,(H,32,38)(H,33,39)(H,34,37)/t23-,25-/m0/s1. The van der Waals surface area contributed by atoms with E-state index in [2.05, 4.69) is 32.4 Å². The Morgan fingerprint density at radius 1 is 1.12 bits per heavy atom. The van der Waals surface area contributed by atoms with Crippen molar-refractivity contribution in [1.82, 2.24) is 25.8 Å². The number of hydrogen-bond donors (Lipinski definition) is 3. The van der Waals surface area contributed by atoms with E-state index < -0.39 is 6.04 Å². The molecule has 1 aliphatic carbocycles. The topological polar surface area (TPSA) is 103 Å². The molecule has 2 aliphatic rings. The number of thiazole rings is 1. The first-order chi connectivity index (χ1) is 19.3. The Balaban J connectivity index is 1.42. The van der Waals surface area contributed by atoms with Crippen molar-refractivity contribution in [1.29, 1.82) is 0 Å². The molecule has 3 N–H and O–H groups in total. The van der Waals surface area contributed by atoms with Crippen LogP contribution in [0.4, 0.5) is 0 Å². The number of hydrogen-bond acceptors (Lipinski definition) is 6. The zero-order valence-corrected chi connectivity index (χ0v) is 25.0. The molecule has 218 valence electrons. The molecular formula is C30H42ClN5O3S. The predicted octanol–water partition coefficient (Wildman–Crippen LogP) is 4.61. The molecule has 0 bridgehead atoms. The van der Waals surface area contributed by atoms with Crippen LogP contribution in [0.25, 0.3) is 10.2 Å². The van der Waals surface area contributed by atoms with Crippen molar-refractivity contribution in [2.45, 2.75) is 83.2 Å². The monoisotopic (exact) mass is 587 g/mol. The van der Waals surface area contributed by atoms with Gasteiger partial charge in [0.1, 0.15) is 6.04 Å². The lowest BCUT2D eigenvalue weighted by atomic mass is 9.84. The van der Waals surface area contributed by atoms with Crippen molar-refractivity contribution >= 4 is 50.9 Å². The fourth-order valence-corrected chi connectivity index (χ4v) is 6.95. The summed E-state index contributed by atoms with van der Waals surface area (Å²) in [5.74, 6) is -0.120. The smallest absolute Gasteiger partial charge is 0.247 e. The van der Waals surface area contributed by atoms with Gasteiger partial charge in [-0.1, -0.05) is 57.2 Å². The van der Waals surface area contributed by atoms with Crippen molar-refractivity contribution in [3.05, 3.63) is 40.4 Å². The minimum atomic E-state index is -0.766. The van der Waals surface area contributed by atoms with E-state index in [4.69, 9.17) is 11.6 Å². The number of benzene rings is 1. The summed E-state index contributed by atoms with van der Waals surface area (Å²) in [5, 5.41) is 10.5. The van der Waals surface area contributed by atoms with E-state index in [1.165, 1.54) is 30.6 Å². The average Bonchev–Trinajstić information content (AvgIpc) is 3.60. The predicted molar refractivity (Wildman–Crippen MR) is 162 cm³/mol. The minimum Gasteiger partial charge on any atom is -0.350 e. The van der Waals surface area contributed by atoms with Crippen LogP contribution in [0.1, 0.15) is 69.7 Å². The van der Waals surface area contributed by atoms with Gasteiger partial charge in [0.25, 0.3) is 0 Å². The number of aromatic nitrogens is 1. The highest BCUT2D eigenvalue weighted by Gasteiger charge is 2.27. The van der Waals surface area contributed by atoms with Gasteiger partial charge < -0.3 is 16.0 Å². The van der Waals surface area contributed by atoms with Crippen molar-refractivity contribution in [3.63, 3.8) is 0 Å². The molecule has 2 heterocycles. The maximum absolute atomic E-state index is 13.6. The molecule has 2 fully saturated rings. The molecule has 40 heavy (non-hydrogen) atoms. The summed E-state index contributed by atoms with van der Waals surface area (Å²) in [4.78, 5) is 45.8. The average molecular weight is 588 g/mol. The highest BCUT2D eigenvalue weighted by molar-refractivity contribution is 7.18. The van der Waals surface area contributed by atoms with Crippen LogP contribution in [0.5, 0.6) is 0 Å². The van der Waals surface area contributed by atoms with Crippen LogP contribution >= 0.6 is 22.9 Å². The SMILES string of the molecule is C=C(CN1CCCC1)C(=O)NC[C@H](CC1CCCCC1)NC(=O)[C@H](Cc1nc2ccc(Cl)cc2s1)NC(=O)CC. The number of halogens is 1. The third-order valence-corrected chi connectivity index (χ3v) is 9.15. The molecule has 10 heteroatoms. The molecule has 0 unspecified atom stereocenters. The van der Waals surface area contributed by atoms with Crippen LogP contribution in [-0.4, -0.2) is 65.9 Å². The third-order valence-electron chi connectivity index (χ3n) is 7.88. The van der Waals surface area contributed by atoms with Gasteiger partial charge in [0.15, 0.2) is 0 Å². The molecule has 0 spiro atoms. The number of carbonyl (C=O) groups is 3. The van der Waals surface area contributed by atoms with Crippen LogP contribution in [0, 0.1) is 5.92 Å². The molecular weight excluding hydrogens is 546 g/mol. The Kier molecular flexibility index (Phi) is 11.4. The van der Waals surface area contributed by atoms with Gasteiger partial charge in [0.05, 0.1) is 15.2 Å². The first kappa shape index (κ1) is 30.5. The number of nitrogens with zero attached hydrogens (tertiary/aromatic N) is 2. The summed E-state index contributed by atoms with van der Waals surface area (Å²) >= 11 is 7.61. The summed E-state index contributed by atoms with van der Waals surface area (Å²) in [6.45, 7) is 8.67. The number of carbonyl (C=O) groups excluding carboxylic acids is 3. The van der Waals surface area contributed by atoms with Crippen molar-refractivity contribution < 1.29 is 14.4 Å². The van der Waals surface area contributed by atoms with E-state index >= 15 is 0 Å². The Morgan fingerprint density at radius 3 is 2.60 bits per heavy atom. The largest absolute Gasteiger partial charge is 0.350 e. The quantitative estimate of drug-likeness (QED) is 0.297. The maximum Gasteiger partial charge on any atom is 0.247 e. The van der Waals surface area contributed by atoms with E-state index in [1.807, 2.05) is 12.1 Å². The zero-order chi connectivity index (χ0) is 28.5. The molecule has 3 amide bonds. The molecule has 1 aromatic heterocycles. The van der Waals surface area contributed by atoms with Gasteiger partial charge in [-0.15, -0.1) is 11.3 Å². The molecule has 2 aromatic rings. The summed E-state index contributed by atoms with van der Waals surface area (Å²) < 4.78 is 0.940. The van der Waals surface area contributed by atoms with Crippen molar-refractivity contribution in [2.75, 3.05) is 26.2 Å². The summed E-state index contributed by atoms with van der Waals surface area (Å²) in [6, 6.07) is 4.50. The Morgan fingerprint density at radius 2 is 1.88 bits per heavy atom. The Labute approximate surface area is 246 Å². The van der Waals surface area contributed by atoms with Crippen molar-refractivity contribution in [2.24, 2.45) is 5.92 Å². The van der Waals surface area contributed by atoms with E-state index in [9.17, 15) is 14.4 Å². The zero-order valence-electron chi connectivity index (χ0n) is 23.5. The Hall–Kier alpha value is -2.49. The molecule has 4 rings (SSSR count). The number of likely N-dealkylation sites (tertiary alicyclic amines) is 1. The maximum atomic E-state index is 13.6. The van der Waals surface area contributed by atoms with E-state index in [1.54, 1.807) is 13.0 Å². The molecule has 2 atom stereocenters. The lowest BCUT2D eigenvalue weighted by Gasteiger charge is -2.29. The van der Waals surface area contributed by atoms with Gasteiger partial charge in [0, 0.05) is 42.6 Å². The van der Waals surface area contributed by atoms with Crippen LogP contribution in [0.2, 0.25) is 5.02 Å². The number of nitrogens with one attached hydrogen (secondary N) is 3. The number of amides is 3. The van der Waals surface area contributed by atoms with Crippen molar-refractivity contribution in [3.8, 4) is 0 Å². The minimum absolute atomic E-state index is 0.168. The van der Waals surface area contributed by atoms with Gasteiger partial charge >= 0.3 is 0 Å².